The average molecular weight is 1020 g/mol. The number of hydrogen-bond acceptors (Lipinski definition) is 10. The number of oxime groups is 1. The zero-order chi connectivity index (χ0) is 51.6. The van der Waals surface area contributed by atoms with Gasteiger partial charge in [0, 0.05) is 36.0 Å². The van der Waals surface area contributed by atoms with Gasteiger partial charge in [0.25, 0.3) is 0 Å². The van der Waals surface area contributed by atoms with Gasteiger partial charge in [-0.1, -0.05) is 137 Å². The number of carbonyl (C=O) groups excluding carboxylic acids is 1. The van der Waals surface area contributed by atoms with Gasteiger partial charge in [0.15, 0.2) is 0 Å². The molecule has 10 nitrogen and oxygen atoms in total. The Bertz CT molecular complexity index is 2430. The molecular formula is C62H84N2O8S. The van der Waals surface area contributed by atoms with E-state index in [1.807, 2.05) is 62.1 Å². The highest BCUT2D eigenvalue weighted by Gasteiger charge is 2.66. The molecule has 1 heterocycles. The van der Waals surface area contributed by atoms with Crippen LogP contribution < -0.4 is 9.47 Å². The van der Waals surface area contributed by atoms with Crippen LogP contribution >= 0.6 is 11.8 Å². The lowest BCUT2D eigenvalue weighted by atomic mass is 9.55. The molecule has 0 saturated heterocycles. The number of fused-ring (bicyclic) bond motifs is 3. The largest absolute Gasteiger partial charge is 0.459 e. The second kappa shape index (κ2) is 27.6. The van der Waals surface area contributed by atoms with Gasteiger partial charge in [-0.3, -0.25) is 4.90 Å². The SMILES string of the molecule is C=CCOC12Oc3ccc(Oc4ccc(SC)cc4)cc3C3C(CCCCO)C(CCCCO)C=C(C(=NOC(C)(C)C)CC1N(Cc1cccc4ccccc14)C(=O)OCCCCCCCCCCCC)C32. The second-order valence-corrected chi connectivity index (χ2v) is 22.2. The van der Waals surface area contributed by atoms with E-state index in [2.05, 4.69) is 74.4 Å². The quantitative estimate of drug-likeness (QED) is 0.0237. The number of aliphatic hydroxyl groups excluding tert-OH is 2. The molecular weight excluding hydrogens is 933 g/mol. The molecule has 1 fully saturated rings. The third-order valence-electron chi connectivity index (χ3n) is 14.9. The summed E-state index contributed by atoms with van der Waals surface area (Å²) in [4.78, 5) is 24.8. The summed E-state index contributed by atoms with van der Waals surface area (Å²) in [6, 6.07) is 28.0. The monoisotopic (exact) mass is 1020 g/mol. The first kappa shape index (κ1) is 55.9. The fourth-order valence-electron chi connectivity index (χ4n) is 11.4. The van der Waals surface area contributed by atoms with Crippen molar-refractivity contribution >= 4 is 34.3 Å². The van der Waals surface area contributed by atoms with Crippen LogP contribution in [0.5, 0.6) is 17.2 Å². The minimum atomic E-state index is -1.44. The van der Waals surface area contributed by atoms with E-state index in [0.717, 1.165) is 88.8 Å². The third kappa shape index (κ3) is 14.5. The summed E-state index contributed by atoms with van der Waals surface area (Å²) in [5.74, 6) is 0.0966. The smallest absolute Gasteiger partial charge is 0.410 e. The van der Waals surface area contributed by atoms with Crippen molar-refractivity contribution in [2.24, 2.45) is 22.9 Å². The molecule has 4 aromatic rings. The first-order chi connectivity index (χ1) is 35.5. The molecule has 6 atom stereocenters. The van der Waals surface area contributed by atoms with Crippen LogP contribution in [0.15, 0.2) is 119 Å². The summed E-state index contributed by atoms with van der Waals surface area (Å²) in [6.45, 7) is 13.3. The first-order valence-corrected chi connectivity index (χ1v) is 28.7. The number of allylic oxidation sites excluding steroid dienone is 1. The number of amides is 1. The second-order valence-electron chi connectivity index (χ2n) is 21.3. The van der Waals surface area contributed by atoms with E-state index in [4.69, 9.17) is 28.9 Å². The molecule has 1 aliphatic heterocycles. The molecule has 0 bridgehead atoms. The summed E-state index contributed by atoms with van der Waals surface area (Å²) in [6.07, 6.45) is 22.5. The predicted molar refractivity (Wildman–Crippen MR) is 297 cm³/mol. The lowest BCUT2D eigenvalue weighted by Gasteiger charge is -2.60. The first-order valence-electron chi connectivity index (χ1n) is 27.5. The van der Waals surface area contributed by atoms with Crippen molar-refractivity contribution in [2.45, 2.75) is 172 Å². The zero-order valence-corrected chi connectivity index (χ0v) is 45.4. The Morgan fingerprint density at radius 3 is 2.23 bits per heavy atom. The van der Waals surface area contributed by atoms with Crippen molar-refractivity contribution in [2.75, 3.05) is 32.7 Å². The maximum atomic E-state index is 15.4. The van der Waals surface area contributed by atoms with Crippen LogP contribution in [0, 0.1) is 17.8 Å². The maximum Gasteiger partial charge on any atom is 0.410 e. The van der Waals surface area contributed by atoms with Gasteiger partial charge in [-0.15, -0.1) is 18.3 Å². The van der Waals surface area contributed by atoms with Gasteiger partial charge < -0.3 is 34.0 Å². The van der Waals surface area contributed by atoms with E-state index >= 15 is 4.79 Å². The summed E-state index contributed by atoms with van der Waals surface area (Å²) < 4.78 is 27.9. The normalized spacial score (nSPS) is 21.7. The molecule has 1 amide bonds. The van der Waals surface area contributed by atoms with Gasteiger partial charge in [-0.05, 0) is 135 Å². The fraction of sp³-hybridized carbons (Fsp3) is 0.548. The van der Waals surface area contributed by atoms with Crippen LogP contribution in [0.3, 0.4) is 0 Å². The molecule has 4 aromatic carbocycles. The van der Waals surface area contributed by atoms with Crippen LogP contribution in [0.1, 0.15) is 154 Å². The lowest BCUT2D eigenvalue weighted by Crippen LogP contribution is -2.70. The van der Waals surface area contributed by atoms with Crippen molar-refractivity contribution in [3.8, 4) is 17.2 Å². The molecule has 0 aromatic heterocycles. The van der Waals surface area contributed by atoms with E-state index in [9.17, 15) is 10.2 Å². The standard InChI is InChI=1S/C62H84N2O8S/c1-7-9-10-11-12-13-14-15-16-23-40-68-60(67)64(44-47-28-24-27-45-25-17-18-29-51(45)47)57-43-55(63-72-61(3,4)5)53-41-46(26-19-21-37-65)52(30-20-22-38-66)58-54-42-49(70-48-31-34-50(73-6)35-32-48)33-36-56(54)71-62(57,59(53)58)69-39-8-2/h8,17-18,24-25,27-29,31-36,41-42,46,52,57-59,65-66H,2,7,9-16,19-23,26,30,37-40,43-44H2,1,3-6H3. The molecule has 73 heavy (non-hydrogen) atoms. The van der Waals surface area contributed by atoms with E-state index in [-0.39, 0.29) is 50.5 Å². The zero-order valence-electron chi connectivity index (χ0n) is 44.5. The maximum absolute atomic E-state index is 15.4. The highest BCUT2D eigenvalue weighted by molar-refractivity contribution is 7.98. The van der Waals surface area contributed by atoms with Crippen molar-refractivity contribution in [1.82, 2.24) is 4.90 Å². The number of hydrogen-bond donors (Lipinski definition) is 2. The van der Waals surface area contributed by atoms with Crippen molar-refractivity contribution < 1.29 is 38.8 Å². The van der Waals surface area contributed by atoms with Crippen LogP contribution in [0.2, 0.25) is 0 Å². The Labute approximate surface area is 440 Å². The van der Waals surface area contributed by atoms with Crippen molar-refractivity contribution in [3.63, 3.8) is 0 Å². The number of ether oxygens (including phenoxy) is 4. The molecule has 3 aliphatic rings. The Balaban J connectivity index is 1.36. The Kier molecular flexibility index (Phi) is 21.2. The van der Waals surface area contributed by atoms with E-state index < -0.39 is 29.4 Å². The van der Waals surface area contributed by atoms with Crippen LogP contribution in [0.4, 0.5) is 4.79 Å². The summed E-state index contributed by atoms with van der Waals surface area (Å²) in [5, 5.41) is 27.4. The Morgan fingerprint density at radius 2 is 1.53 bits per heavy atom. The van der Waals surface area contributed by atoms with E-state index in [1.165, 1.54) is 44.9 Å². The fourth-order valence-corrected chi connectivity index (χ4v) is 11.8. The highest BCUT2D eigenvalue weighted by Crippen LogP contribution is 2.62. The van der Waals surface area contributed by atoms with Crippen LogP contribution in [0.25, 0.3) is 10.8 Å². The van der Waals surface area contributed by atoms with Gasteiger partial charge in [-0.25, -0.2) is 4.79 Å². The van der Waals surface area contributed by atoms with Crippen LogP contribution in [-0.4, -0.2) is 77.0 Å². The summed E-state index contributed by atoms with van der Waals surface area (Å²) in [5.41, 5.74) is 3.09. The van der Waals surface area contributed by atoms with Crippen molar-refractivity contribution in [3.05, 3.63) is 120 Å². The number of carbonyl (C=O) groups is 1. The molecule has 6 unspecified atom stereocenters. The molecule has 0 radical (unpaired) electrons. The number of thioether (sulfide) groups is 1. The number of aliphatic hydroxyl groups is 2. The van der Waals surface area contributed by atoms with Crippen LogP contribution in [-0.2, 0) is 20.9 Å². The Hall–Kier alpha value is -4.81. The lowest BCUT2D eigenvalue weighted by molar-refractivity contribution is -0.256. The van der Waals surface area contributed by atoms with E-state index in [0.29, 0.717) is 30.9 Å². The van der Waals surface area contributed by atoms with Gasteiger partial charge in [-0.2, -0.15) is 0 Å². The number of rotatable bonds is 29. The van der Waals surface area contributed by atoms with Gasteiger partial charge in [0.1, 0.15) is 28.9 Å². The molecule has 11 heteroatoms. The minimum Gasteiger partial charge on any atom is -0.459 e. The predicted octanol–water partition coefficient (Wildman–Crippen LogP) is 15.3. The Morgan fingerprint density at radius 1 is 0.849 bits per heavy atom. The topological polar surface area (TPSA) is 119 Å². The number of nitrogens with zero attached hydrogens (tertiary/aromatic N) is 2. The molecule has 396 valence electrons. The average Bonchev–Trinajstić information content (AvgIpc) is 3.39. The summed E-state index contributed by atoms with van der Waals surface area (Å²) in [7, 11) is 0. The van der Waals surface area contributed by atoms with E-state index in [1.54, 1.807) is 17.8 Å². The highest BCUT2D eigenvalue weighted by atomic mass is 32.2. The molecule has 2 N–H and O–H groups in total. The number of benzene rings is 4. The minimum absolute atomic E-state index is 0.0582. The van der Waals surface area contributed by atoms with Gasteiger partial charge >= 0.3 is 6.09 Å². The molecule has 2 aliphatic carbocycles. The molecule has 0 spiro atoms. The van der Waals surface area contributed by atoms with Gasteiger partial charge in [0.2, 0.25) is 5.79 Å². The molecule has 7 rings (SSSR count). The summed E-state index contributed by atoms with van der Waals surface area (Å²) >= 11 is 1.69. The van der Waals surface area contributed by atoms with Crippen molar-refractivity contribution in [1.29, 1.82) is 0 Å². The van der Waals surface area contributed by atoms with Gasteiger partial charge in [0.05, 0.1) is 31.4 Å². The number of unbranched alkanes of at least 4 members (excludes halogenated alkanes) is 11. The third-order valence-corrected chi connectivity index (χ3v) is 15.7. The molecule has 1 saturated carbocycles.